The first-order valence-corrected chi connectivity index (χ1v) is 19.2. The molecule has 0 unspecified atom stereocenters. The van der Waals surface area contributed by atoms with Gasteiger partial charge >= 0.3 is 0 Å². The van der Waals surface area contributed by atoms with E-state index in [2.05, 4.69) is 217 Å². The zero-order valence-electron chi connectivity index (χ0n) is 29.6. The fourth-order valence-corrected chi connectivity index (χ4v) is 8.80. The van der Waals surface area contributed by atoms with Crippen molar-refractivity contribution in [1.82, 2.24) is 0 Å². The van der Waals surface area contributed by atoms with Crippen LogP contribution < -0.4 is 4.90 Å². The van der Waals surface area contributed by atoms with E-state index in [1.165, 1.54) is 75.5 Å². The fourth-order valence-electron chi connectivity index (χ4n) is 7.72. The lowest BCUT2D eigenvalue weighted by atomic mass is 9.98. The SMILES string of the molecule is c1ccc(-c2ccc(-c3ccc(N(c4cccc(-c5ccc6ccccc6c5)c4)c4ccccc4-c4ccc5sc6ccccc6c5c4)cc3)cc2)cc1. The average molecular weight is 706 g/mol. The molecule has 0 spiro atoms. The van der Waals surface area contributed by atoms with Gasteiger partial charge in [-0.25, -0.2) is 0 Å². The van der Waals surface area contributed by atoms with Crippen LogP contribution in [0.15, 0.2) is 212 Å². The highest BCUT2D eigenvalue weighted by molar-refractivity contribution is 7.25. The zero-order chi connectivity index (χ0) is 35.8. The van der Waals surface area contributed by atoms with E-state index in [1.807, 2.05) is 11.3 Å². The summed E-state index contributed by atoms with van der Waals surface area (Å²) in [5.74, 6) is 0. The summed E-state index contributed by atoms with van der Waals surface area (Å²) in [4.78, 5) is 2.41. The van der Waals surface area contributed by atoms with Crippen LogP contribution in [0.1, 0.15) is 0 Å². The summed E-state index contributed by atoms with van der Waals surface area (Å²) < 4.78 is 2.63. The van der Waals surface area contributed by atoms with Crippen LogP contribution in [-0.2, 0) is 0 Å². The molecule has 2 heteroatoms. The van der Waals surface area contributed by atoms with Crippen molar-refractivity contribution in [1.29, 1.82) is 0 Å². The van der Waals surface area contributed by atoms with E-state index in [9.17, 15) is 0 Å². The topological polar surface area (TPSA) is 3.24 Å². The molecule has 10 rings (SSSR count). The minimum Gasteiger partial charge on any atom is -0.310 e. The summed E-state index contributed by atoms with van der Waals surface area (Å²) >= 11 is 1.86. The molecule has 54 heavy (non-hydrogen) atoms. The van der Waals surface area contributed by atoms with E-state index in [4.69, 9.17) is 0 Å². The number of thiophene rings is 1. The number of benzene rings is 9. The molecular weight excluding hydrogens is 671 g/mol. The molecule has 254 valence electrons. The lowest BCUT2D eigenvalue weighted by Crippen LogP contribution is -2.11. The van der Waals surface area contributed by atoms with Gasteiger partial charge in [-0.3, -0.25) is 0 Å². The zero-order valence-corrected chi connectivity index (χ0v) is 30.4. The molecule has 0 fully saturated rings. The molecule has 0 saturated heterocycles. The van der Waals surface area contributed by atoms with Crippen molar-refractivity contribution in [2.75, 3.05) is 4.90 Å². The van der Waals surface area contributed by atoms with Crippen molar-refractivity contribution in [3.8, 4) is 44.5 Å². The van der Waals surface area contributed by atoms with Gasteiger partial charge in [0.1, 0.15) is 0 Å². The summed E-state index contributed by atoms with van der Waals surface area (Å²) in [6.45, 7) is 0. The number of anilines is 3. The molecule has 0 radical (unpaired) electrons. The van der Waals surface area contributed by atoms with Gasteiger partial charge in [0.05, 0.1) is 5.69 Å². The molecule has 9 aromatic carbocycles. The first kappa shape index (κ1) is 32.0. The van der Waals surface area contributed by atoms with Gasteiger partial charge in [0.15, 0.2) is 0 Å². The van der Waals surface area contributed by atoms with Crippen LogP contribution in [0.5, 0.6) is 0 Å². The maximum atomic E-state index is 2.41. The van der Waals surface area contributed by atoms with E-state index in [-0.39, 0.29) is 0 Å². The Hall–Kier alpha value is -6.74. The first-order valence-electron chi connectivity index (χ1n) is 18.4. The number of nitrogens with zero attached hydrogens (tertiary/aromatic N) is 1. The van der Waals surface area contributed by atoms with E-state index >= 15 is 0 Å². The summed E-state index contributed by atoms with van der Waals surface area (Å²) in [6.07, 6.45) is 0. The number of para-hydroxylation sites is 1. The van der Waals surface area contributed by atoms with Crippen molar-refractivity contribution in [3.63, 3.8) is 0 Å². The Bertz CT molecular complexity index is 2920. The number of hydrogen-bond acceptors (Lipinski definition) is 2. The number of rotatable bonds is 7. The van der Waals surface area contributed by atoms with Gasteiger partial charge in [0.25, 0.3) is 0 Å². The van der Waals surface area contributed by atoms with Gasteiger partial charge in [-0.05, 0) is 104 Å². The predicted molar refractivity (Wildman–Crippen MR) is 233 cm³/mol. The molecule has 1 heterocycles. The monoisotopic (exact) mass is 705 g/mol. The van der Waals surface area contributed by atoms with Crippen LogP contribution in [0, 0.1) is 0 Å². The lowest BCUT2D eigenvalue weighted by Gasteiger charge is -2.28. The number of hydrogen-bond donors (Lipinski definition) is 0. The lowest BCUT2D eigenvalue weighted by molar-refractivity contribution is 1.28. The smallest absolute Gasteiger partial charge is 0.0540 e. The van der Waals surface area contributed by atoms with Crippen LogP contribution in [0.2, 0.25) is 0 Å². The summed E-state index contributed by atoms with van der Waals surface area (Å²) in [6, 6.07) is 77.2. The van der Waals surface area contributed by atoms with E-state index in [0.717, 1.165) is 17.1 Å². The summed E-state index contributed by atoms with van der Waals surface area (Å²) in [5.41, 5.74) is 12.9. The molecule has 0 N–H and O–H groups in total. The molecule has 0 aliphatic rings. The standard InChI is InChI=1S/C52H35NS/c1-2-11-36(12-3-1)38-21-23-39(24-22-38)40-27-30-45(31-28-40)53(46-16-10-15-42(34-46)43-26-25-37-13-4-5-14-41(37)33-43)50-19-8-6-17-47(50)44-29-32-52-49(35-44)48-18-7-9-20-51(48)54-52/h1-35H. The van der Waals surface area contributed by atoms with Crippen LogP contribution in [-0.4, -0.2) is 0 Å². The van der Waals surface area contributed by atoms with Gasteiger partial charge in [0.2, 0.25) is 0 Å². The quantitative estimate of drug-likeness (QED) is 0.160. The largest absolute Gasteiger partial charge is 0.310 e. The van der Waals surface area contributed by atoms with E-state index < -0.39 is 0 Å². The predicted octanol–water partition coefficient (Wildman–Crippen LogP) is 15.3. The summed E-state index contributed by atoms with van der Waals surface area (Å²) in [7, 11) is 0. The second-order valence-corrected chi connectivity index (χ2v) is 14.8. The minimum absolute atomic E-state index is 1.10. The molecule has 1 aromatic heterocycles. The summed E-state index contributed by atoms with van der Waals surface area (Å²) in [5, 5.41) is 5.10. The van der Waals surface area contributed by atoms with Crippen LogP contribution in [0.3, 0.4) is 0 Å². The molecule has 0 saturated carbocycles. The molecule has 0 bridgehead atoms. The Morgan fingerprint density at radius 1 is 0.296 bits per heavy atom. The highest BCUT2D eigenvalue weighted by Gasteiger charge is 2.19. The molecule has 1 nitrogen and oxygen atoms in total. The average Bonchev–Trinajstić information content (AvgIpc) is 3.63. The third-order valence-corrected chi connectivity index (χ3v) is 11.6. The second kappa shape index (κ2) is 13.7. The molecule has 0 aliphatic carbocycles. The van der Waals surface area contributed by atoms with Crippen LogP contribution >= 0.6 is 11.3 Å². The Labute approximate surface area is 319 Å². The molecule has 0 atom stereocenters. The fraction of sp³-hybridized carbons (Fsp3) is 0. The van der Waals surface area contributed by atoms with Crippen molar-refractivity contribution in [2.24, 2.45) is 0 Å². The molecule has 0 aliphatic heterocycles. The third-order valence-electron chi connectivity index (χ3n) is 10.5. The van der Waals surface area contributed by atoms with E-state index in [1.54, 1.807) is 0 Å². The Balaban J connectivity index is 1.09. The Morgan fingerprint density at radius 3 is 1.69 bits per heavy atom. The van der Waals surface area contributed by atoms with Gasteiger partial charge in [-0.15, -0.1) is 11.3 Å². The normalized spacial score (nSPS) is 11.3. The van der Waals surface area contributed by atoms with Crippen LogP contribution in [0.25, 0.3) is 75.5 Å². The molecule has 0 amide bonds. The Morgan fingerprint density at radius 2 is 0.870 bits per heavy atom. The molecular formula is C52H35NS. The van der Waals surface area contributed by atoms with Crippen LogP contribution in [0.4, 0.5) is 17.1 Å². The van der Waals surface area contributed by atoms with Crippen molar-refractivity contribution in [2.45, 2.75) is 0 Å². The van der Waals surface area contributed by atoms with Crippen molar-refractivity contribution < 1.29 is 0 Å². The highest BCUT2D eigenvalue weighted by Crippen LogP contribution is 2.44. The van der Waals surface area contributed by atoms with Gasteiger partial charge < -0.3 is 4.90 Å². The minimum atomic E-state index is 1.10. The second-order valence-electron chi connectivity index (χ2n) is 13.8. The van der Waals surface area contributed by atoms with Gasteiger partial charge in [-0.2, -0.15) is 0 Å². The van der Waals surface area contributed by atoms with Crippen molar-refractivity contribution >= 4 is 59.3 Å². The molecule has 10 aromatic rings. The third kappa shape index (κ3) is 5.93. The maximum absolute atomic E-state index is 2.41. The highest BCUT2D eigenvalue weighted by atomic mass is 32.1. The Kier molecular flexibility index (Phi) is 8.09. The van der Waals surface area contributed by atoms with Gasteiger partial charge in [-0.1, -0.05) is 158 Å². The first-order chi connectivity index (χ1) is 26.7. The van der Waals surface area contributed by atoms with Gasteiger partial charge in [0, 0.05) is 37.1 Å². The maximum Gasteiger partial charge on any atom is 0.0540 e. The number of fused-ring (bicyclic) bond motifs is 4. The van der Waals surface area contributed by atoms with E-state index in [0.29, 0.717) is 0 Å². The van der Waals surface area contributed by atoms with Crippen molar-refractivity contribution in [3.05, 3.63) is 212 Å².